The molecule has 0 unspecified atom stereocenters. The molecular weight excluding hydrogens is 196 g/mol. The Bertz CT molecular complexity index is 378. The van der Waals surface area contributed by atoms with Gasteiger partial charge in [-0.05, 0) is 18.2 Å². The second kappa shape index (κ2) is 4.97. The van der Waals surface area contributed by atoms with Crippen LogP contribution in [-0.2, 0) is 4.79 Å². The van der Waals surface area contributed by atoms with Crippen LogP contribution < -0.4 is 22.1 Å². The van der Waals surface area contributed by atoms with Crippen LogP contribution in [0, 0.1) is 0 Å². The first kappa shape index (κ1) is 11.0. The van der Waals surface area contributed by atoms with Crippen molar-refractivity contribution in [2.24, 2.45) is 11.5 Å². The summed E-state index contributed by atoms with van der Waals surface area (Å²) >= 11 is 0. The van der Waals surface area contributed by atoms with E-state index in [1.165, 1.54) is 0 Å². The maximum Gasteiger partial charge on any atom is 0.316 e. The van der Waals surface area contributed by atoms with Crippen LogP contribution >= 0.6 is 0 Å². The molecule has 0 aromatic heterocycles. The van der Waals surface area contributed by atoms with Crippen molar-refractivity contribution in [1.82, 2.24) is 0 Å². The Morgan fingerprint density at radius 1 is 1.20 bits per heavy atom. The summed E-state index contributed by atoms with van der Waals surface area (Å²) < 4.78 is 0. The molecule has 0 bridgehead atoms. The second-order valence-corrected chi connectivity index (χ2v) is 2.82. The van der Waals surface area contributed by atoms with Gasteiger partial charge in [0.2, 0.25) is 5.91 Å². The molecule has 0 heterocycles. The average molecular weight is 208 g/mol. The molecule has 0 saturated carbocycles. The Morgan fingerprint density at radius 3 is 2.33 bits per heavy atom. The van der Waals surface area contributed by atoms with E-state index in [2.05, 4.69) is 10.6 Å². The molecule has 6 heteroatoms. The fraction of sp³-hybridized carbons (Fsp3) is 0.111. The number of urea groups is 1. The van der Waals surface area contributed by atoms with Crippen molar-refractivity contribution in [3.63, 3.8) is 0 Å². The van der Waals surface area contributed by atoms with Gasteiger partial charge in [-0.1, -0.05) is 6.07 Å². The zero-order valence-electron chi connectivity index (χ0n) is 7.99. The first-order valence-electron chi connectivity index (χ1n) is 4.28. The number of amides is 3. The Morgan fingerprint density at radius 2 is 1.80 bits per heavy atom. The van der Waals surface area contributed by atoms with Crippen LogP contribution in [0.1, 0.15) is 0 Å². The molecule has 1 rings (SSSR count). The van der Waals surface area contributed by atoms with Gasteiger partial charge < -0.3 is 22.1 Å². The van der Waals surface area contributed by atoms with Gasteiger partial charge in [-0.15, -0.1) is 0 Å². The van der Waals surface area contributed by atoms with E-state index in [-0.39, 0.29) is 12.5 Å². The summed E-state index contributed by atoms with van der Waals surface area (Å²) in [6.07, 6.45) is 0. The van der Waals surface area contributed by atoms with Gasteiger partial charge in [0, 0.05) is 11.4 Å². The smallest absolute Gasteiger partial charge is 0.316 e. The maximum absolute atomic E-state index is 11.0. The summed E-state index contributed by atoms with van der Waals surface area (Å²) in [6.45, 7) is -0.0898. The van der Waals surface area contributed by atoms with E-state index < -0.39 is 6.03 Å². The van der Waals surface area contributed by atoms with Crippen molar-refractivity contribution in [2.45, 2.75) is 0 Å². The molecule has 0 aliphatic carbocycles. The third kappa shape index (κ3) is 3.65. The van der Waals surface area contributed by atoms with Gasteiger partial charge in [0.15, 0.2) is 0 Å². The van der Waals surface area contributed by atoms with E-state index in [0.29, 0.717) is 11.4 Å². The minimum atomic E-state index is -0.655. The number of benzene rings is 1. The molecule has 0 atom stereocenters. The predicted octanol–water partition coefficient (Wildman–Crippen LogP) is 0.0744. The maximum atomic E-state index is 11.0. The highest BCUT2D eigenvalue weighted by Crippen LogP contribution is 2.14. The topological polar surface area (TPSA) is 110 Å². The lowest BCUT2D eigenvalue weighted by atomic mass is 10.2. The molecule has 0 aliphatic rings. The quantitative estimate of drug-likeness (QED) is 0.564. The molecule has 0 aliphatic heterocycles. The Labute approximate surface area is 86.6 Å². The molecule has 0 saturated heterocycles. The third-order valence-corrected chi connectivity index (χ3v) is 1.60. The molecule has 0 radical (unpaired) electrons. The number of hydrogen-bond donors (Lipinski definition) is 4. The van der Waals surface area contributed by atoms with E-state index in [1.807, 2.05) is 0 Å². The molecule has 0 spiro atoms. The van der Waals surface area contributed by atoms with Crippen molar-refractivity contribution in [2.75, 3.05) is 17.2 Å². The predicted molar refractivity (Wildman–Crippen MR) is 57.3 cm³/mol. The number of anilines is 2. The van der Waals surface area contributed by atoms with Crippen molar-refractivity contribution >= 4 is 23.3 Å². The summed E-state index contributed by atoms with van der Waals surface area (Å²) in [5.41, 5.74) is 11.1. The van der Waals surface area contributed by atoms with Gasteiger partial charge in [0.1, 0.15) is 0 Å². The zero-order chi connectivity index (χ0) is 11.3. The number of hydrogen-bond acceptors (Lipinski definition) is 3. The van der Waals surface area contributed by atoms with Gasteiger partial charge >= 0.3 is 6.03 Å². The monoisotopic (exact) mass is 208 g/mol. The molecule has 15 heavy (non-hydrogen) atoms. The van der Waals surface area contributed by atoms with Crippen molar-refractivity contribution in [3.05, 3.63) is 24.3 Å². The average Bonchev–Trinajstić information content (AvgIpc) is 2.17. The van der Waals surface area contributed by atoms with E-state index in [0.717, 1.165) is 0 Å². The summed E-state index contributed by atoms with van der Waals surface area (Å²) in [5.74, 6) is -0.300. The summed E-state index contributed by atoms with van der Waals surface area (Å²) in [4.78, 5) is 21.5. The summed E-state index contributed by atoms with van der Waals surface area (Å²) in [7, 11) is 0. The normalized spacial score (nSPS) is 9.40. The highest BCUT2D eigenvalue weighted by Gasteiger charge is 2.01. The Kier molecular flexibility index (Phi) is 3.64. The Balaban J connectivity index is 2.74. The van der Waals surface area contributed by atoms with Gasteiger partial charge in [-0.2, -0.15) is 0 Å². The molecular formula is C9H12N4O2. The first-order valence-corrected chi connectivity index (χ1v) is 4.28. The highest BCUT2D eigenvalue weighted by molar-refractivity contribution is 5.93. The van der Waals surface area contributed by atoms with Crippen molar-refractivity contribution in [1.29, 1.82) is 0 Å². The largest absolute Gasteiger partial charge is 0.351 e. The van der Waals surface area contributed by atoms with E-state index >= 15 is 0 Å². The lowest BCUT2D eigenvalue weighted by Gasteiger charge is -2.06. The van der Waals surface area contributed by atoms with Crippen molar-refractivity contribution in [3.8, 4) is 0 Å². The van der Waals surface area contributed by atoms with Crippen LogP contribution in [0.4, 0.5) is 16.2 Å². The van der Waals surface area contributed by atoms with Gasteiger partial charge in [0.25, 0.3) is 0 Å². The molecule has 0 fully saturated rings. The lowest BCUT2D eigenvalue weighted by molar-refractivity contribution is -0.114. The fourth-order valence-electron chi connectivity index (χ4n) is 1.03. The van der Waals surface area contributed by atoms with Gasteiger partial charge in [-0.3, -0.25) is 4.79 Å². The van der Waals surface area contributed by atoms with Crippen molar-refractivity contribution < 1.29 is 9.59 Å². The molecule has 6 N–H and O–H groups in total. The Hall–Kier alpha value is -2.08. The van der Waals surface area contributed by atoms with Gasteiger partial charge in [-0.25, -0.2) is 4.79 Å². The molecule has 1 aromatic rings. The first-order chi connectivity index (χ1) is 7.11. The molecule has 3 amide bonds. The lowest BCUT2D eigenvalue weighted by Crippen LogP contribution is -2.22. The number of carbonyl (C=O) groups is 2. The van der Waals surface area contributed by atoms with Crippen LogP contribution in [0.3, 0.4) is 0 Å². The number of primary amides is 1. The van der Waals surface area contributed by atoms with E-state index in [9.17, 15) is 9.59 Å². The van der Waals surface area contributed by atoms with Crippen LogP contribution in [0.25, 0.3) is 0 Å². The third-order valence-electron chi connectivity index (χ3n) is 1.60. The number of nitrogens with two attached hydrogens (primary N) is 2. The molecule has 1 aromatic carbocycles. The number of nitrogens with one attached hydrogen (secondary N) is 2. The fourth-order valence-corrected chi connectivity index (χ4v) is 1.03. The van der Waals surface area contributed by atoms with Crippen LogP contribution in [0.2, 0.25) is 0 Å². The number of rotatable bonds is 3. The highest BCUT2D eigenvalue weighted by atomic mass is 16.2. The minimum absolute atomic E-state index is 0.0898. The SMILES string of the molecule is NCC(=O)Nc1cccc(NC(N)=O)c1. The van der Waals surface area contributed by atoms with Crippen LogP contribution in [-0.4, -0.2) is 18.5 Å². The minimum Gasteiger partial charge on any atom is -0.351 e. The second-order valence-electron chi connectivity index (χ2n) is 2.82. The standard InChI is InChI=1S/C9H12N4O2/c10-5-8(14)12-6-2-1-3-7(4-6)13-9(11)15/h1-4H,5,10H2,(H,12,14)(H3,11,13,15). The molecule has 80 valence electrons. The summed E-state index contributed by atoms with van der Waals surface area (Å²) in [6, 6.07) is 5.94. The molecule has 6 nitrogen and oxygen atoms in total. The van der Waals surface area contributed by atoms with E-state index in [1.54, 1.807) is 24.3 Å². The number of carbonyl (C=O) groups excluding carboxylic acids is 2. The van der Waals surface area contributed by atoms with Crippen LogP contribution in [0.5, 0.6) is 0 Å². The summed E-state index contributed by atoms with van der Waals surface area (Å²) in [5, 5.41) is 4.94. The van der Waals surface area contributed by atoms with Crippen LogP contribution in [0.15, 0.2) is 24.3 Å². The van der Waals surface area contributed by atoms with Gasteiger partial charge in [0.05, 0.1) is 6.54 Å². The zero-order valence-corrected chi connectivity index (χ0v) is 7.99. The van der Waals surface area contributed by atoms with E-state index in [4.69, 9.17) is 11.5 Å².